The monoisotopic (exact) mass is 575 g/mol. The Balaban J connectivity index is 1.51. The first-order chi connectivity index (χ1) is 18.7. The van der Waals surface area contributed by atoms with Crippen molar-refractivity contribution in [1.29, 1.82) is 0 Å². The van der Waals surface area contributed by atoms with Crippen LogP contribution < -0.4 is 20.4 Å². The second-order valence-corrected chi connectivity index (χ2v) is 10.9. The maximum absolute atomic E-state index is 15.7. The zero-order valence-electron chi connectivity index (χ0n) is 21.3. The van der Waals surface area contributed by atoms with Crippen molar-refractivity contribution in [2.45, 2.75) is 44.7 Å². The molecule has 2 N–H and O–H groups in total. The second-order valence-electron chi connectivity index (χ2n) is 10.1. The van der Waals surface area contributed by atoms with Crippen LogP contribution in [-0.4, -0.2) is 41.7 Å². The average molecular weight is 576 g/mol. The van der Waals surface area contributed by atoms with E-state index in [0.29, 0.717) is 47.1 Å². The van der Waals surface area contributed by atoms with Gasteiger partial charge in [0.25, 0.3) is 5.91 Å². The molecular formula is C28H28Cl2FN3O5. The topological polar surface area (TPSA) is 101 Å². The molecule has 2 heterocycles. The summed E-state index contributed by atoms with van der Waals surface area (Å²) in [5.41, 5.74) is 0.657. The Morgan fingerprint density at radius 1 is 1.15 bits per heavy atom. The van der Waals surface area contributed by atoms with Crippen LogP contribution in [0.3, 0.4) is 0 Å². The summed E-state index contributed by atoms with van der Waals surface area (Å²) in [5, 5.41) is 12.8. The molecule has 1 aliphatic carbocycles. The zero-order valence-corrected chi connectivity index (χ0v) is 22.8. The molecule has 39 heavy (non-hydrogen) atoms. The van der Waals surface area contributed by atoms with E-state index >= 15 is 4.39 Å². The third-order valence-corrected chi connectivity index (χ3v) is 8.02. The van der Waals surface area contributed by atoms with E-state index in [4.69, 9.17) is 33.0 Å². The van der Waals surface area contributed by atoms with E-state index in [-0.39, 0.29) is 47.3 Å². The van der Waals surface area contributed by atoms with Gasteiger partial charge in [0.2, 0.25) is 5.43 Å². The molecule has 3 aromatic rings. The highest BCUT2D eigenvalue weighted by atomic mass is 35.5. The predicted molar refractivity (Wildman–Crippen MR) is 148 cm³/mol. The Morgan fingerprint density at radius 2 is 1.87 bits per heavy atom. The number of hydrogen-bond acceptors (Lipinski definition) is 5. The van der Waals surface area contributed by atoms with Gasteiger partial charge in [-0.25, -0.2) is 4.39 Å². The molecule has 2 aromatic carbocycles. The molecule has 1 saturated heterocycles. The highest BCUT2D eigenvalue weighted by Crippen LogP contribution is 2.44. The summed E-state index contributed by atoms with van der Waals surface area (Å²) in [7, 11) is 1.44. The van der Waals surface area contributed by atoms with Crippen molar-refractivity contribution >= 4 is 51.7 Å². The van der Waals surface area contributed by atoms with Gasteiger partial charge in [0.05, 0.1) is 18.0 Å². The van der Waals surface area contributed by atoms with Crippen LogP contribution in [0.25, 0.3) is 10.9 Å². The molecule has 2 fully saturated rings. The first-order valence-electron chi connectivity index (χ1n) is 12.8. The van der Waals surface area contributed by atoms with Crippen LogP contribution >= 0.6 is 23.2 Å². The number of anilines is 1. The van der Waals surface area contributed by atoms with Gasteiger partial charge in [0.1, 0.15) is 11.3 Å². The maximum Gasteiger partial charge on any atom is 0.303 e. The van der Waals surface area contributed by atoms with E-state index < -0.39 is 23.1 Å². The smallest absolute Gasteiger partial charge is 0.303 e. The number of halogens is 3. The highest BCUT2D eigenvalue weighted by molar-refractivity contribution is 6.35. The van der Waals surface area contributed by atoms with Gasteiger partial charge in [0, 0.05) is 48.3 Å². The number of nitrogens with one attached hydrogen (secondary N) is 1. The number of carbonyl (C=O) groups is 2. The molecule has 0 atom stereocenters. The molecule has 2 aliphatic rings. The average Bonchev–Trinajstić information content (AvgIpc) is 3.73. The van der Waals surface area contributed by atoms with Gasteiger partial charge < -0.3 is 24.6 Å². The molecule has 1 aliphatic heterocycles. The normalized spacial score (nSPS) is 15.9. The quantitative estimate of drug-likeness (QED) is 0.372. The fourth-order valence-electron chi connectivity index (χ4n) is 5.28. The third kappa shape index (κ3) is 5.56. The van der Waals surface area contributed by atoms with Crippen LogP contribution in [0.1, 0.15) is 54.1 Å². The number of carboxylic acid groups (broad SMARTS) is 1. The number of hydrogen-bond donors (Lipinski definition) is 2. The van der Waals surface area contributed by atoms with Crippen molar-refractivity contribution in [1.82, 2.24) is 9.88 Å². The van der Waals surface area contributed by atoms with Gasteiger partial charge in [-0.2, -0.15) is 0 Å². The Bertz CT molecular complexity index is 1510. The number of aromatic nitrogens is 1. The summed E-state index contributed by atoms with van der Waals surface area (Å²) >= 11 is 12.2. The van der Waals surface area contributed by atoms with Gasteiger partial charge in [-0.15, -0.1) is 0 Å². The number of rotatable bonds is 8. The van der Waals surface area contributed by atoms with Gasteiger partial charge in [-0.3, -0.25) is 14.4 Å². The van der Waals surface area contributed by atoms with Crippen molar-refractivity contribution in [3.8, 4) is 5.75 Å². The number of methoxy groups -OCH3 is 1. The minimum Gasteiger partial charge on any atom is -0.492 e. The predicted octanol–water partition coefficient (Wildman–Crippen LogP) is 5.41. The molecule has 1 aromatic heterocycles. The minimum atomic E-state index is -0.840. The van der Waals surface area contributed by atoms with E-state index in [1.165, 1.54) is 19.4 Å². The van der Waals surface area contributed by atoms with E-state index in [2.05, 4.69) is 5.32 Å². The molecule has 206 valence electrons. The number of carboxylic acids is 1. The van der Waals surface area contributed by atoms with Crippen LogP contribution in [-0.2, 0) is 11.3 Å². The Labute approximate surface area is 234 Å². The molecular weight excluding hydrogens is 548 g/mol. The van der Waals surface area contributed by atoms with Crippen LogP contribution in [0.15, 0.2) is 35.3 Å². The second kappa shape index (κ2) is 11.1. The van der Waals surface area contributed by atoms with Gasteiger partial charge in [-0.05, 0) is 55.4 Å². The molecule has 8 nitrogen and oxygen atoms in total. The number of nitrogens with zero attached hydrogens (tertiary/aromatic N) is 2. The first-order valence-corrected chi connectivity index (χ1v) is 13.6. The molecule has 1 amide bonds. The maximum atomic E-state index is 15.7. The van der Waals surface area contributed by atoms with Gasteiger partial charge >= 0.3 is 5.97 Å². The van der Waals surface area contributed by atoms with Gasteiger partial charge in [0.15, 0.2) is 11.6 Å². The highest BCUT2D eigenvalue weighted by Gasteiger charge is 2.32. The standard InChI is InChI=1S/C28H28Cl2FN3O5/c1-39-27-24-19(12-22(31)25(27)33-8-6-15(7-9-33)10-23(35)36)26(37)20(14-34(24)18-4-5-18)28(38)32-13-16-2-3-17(29)11-21(16)30/h2-3,11-12,14-15,18H,4-10,13H2,1H3,(H,32,38)(H,35,36). The SMILES string of the molecule is COc1c(N2CCC(CC(=O)O)CC2)c(F)cc2c(=O)c(C(=O)NCc3ccc(Cl)cc3Cl)cn(C3CC3)c12. The summed E-state index contributed by atoms with van der Waals surface area (Å²) in [6, 6.07) is 6.16. The number of fused-ring (bicyclic) bond motifs is 1. The summed E-state index contributed by atoms with van der Waals surface area (Å²) in [6.07, 6.45) is 4.55. The number of piperidine rings is 1. The lowest BCUT2D eigenvalue weighted by Gasteiger charge is -2.34. The Kier molecular flexibility index (Phi) is 7.73. The lowest BCUT2D eigenvalue weighted by Crippen LogP contribution is -2.35. The number of ether oxygens (including phenoxy) is 1. The summed E-state index contributed by atoms with van der Waals surface area (Å²) < 4.78 is 23.2. The lowest BCUT2D eigenvalue weighted by molar-refractivity contribution is -0.138. The number of aliphatic carboxylic acids is 1. The van der Waals surface area contributed by atoms with Crippen LogP contribution in [0.4, 0.5) is 10.1 Å². The van der Waals surface area contributed by atoms with Crippen molar-refractivity contribution in [3.63, 3.8) is 0 Å². The first kappa shape index (κ1) is 27.3. The molecule has 1 saturated carbocycles. The molecule has 0 radical (unpaired) electrons. The molecule has 0 unspecified atom stereocenters. The summed E-state index contributed by atoms with van der Waals surface area (Å²) in [6.45, 7) is 1.03. The van der Waals surface area contributed by atoms with Gasteiger partial charge in [-0.1, -0.05) is 29.3 Å². The van der Waals surface area contributed by atoms with Crippen LogP contribution in [0, 0.1) is 11.7 Å². The largest absolute Gasteiger partial charge is 0.492 e. The number of amides is 1. The number of benzene rings is 2. The fourth-order valence-corrected chi connectivity index (χ4v) is 5.75. The number of pyridine rings is 1. The summed E-state index contributed by atoms with van der Waals surface area (Å²) in [4.78, 5) is 39.6. The van der Waals surface area contributed by atoms with E-state index in [1.807, 2.05) is 9.47 Å². The minimum absolute atomic E-state index is 0.0294. The van der Waals surface area contributed by atoms with Crippen molar-refractivity contribution in [2.24, 2.45) is 5.92 Å². The third-order valence-electron chi connectivity index (χ3n) is 7.44. The molecule has 0 spiro atoms. The van der Waals surface area contributed by atoms with Crippen molar-refractivity contribution in [3.05, 3.63) is 67.7 Å². The van der Waals surface area contributed by atoms with E-state index in [9.17, 15) is 14.4 Å². The Hall–Kier alpha value is -3.30. The molecule has 0 bridgehead atoms. The molecule has 11 heteroatoms. The van der Waals surface area contributed by atoms with Crippen LogP contribution in [0.5, 0.6) is 5.75 Å². The van der Waals surface area contributed by atoms with E-state index in [0.717, 1.165) is 12.8 Å². The zero-order chi connectivity index (χ0) is 27.8. The van der Waals surface area contributed by atoms with Crippen molar-refractivity contribution in [2.75, 3.05) is 25.1 Å². The van der Waals surface area contributed by atoms with E-state index in [1.54, 1.807) is 18.2 Å². The van der Waals surface area contributed by atoms with Crippen molar-refractivity contribution < 1.29 is 23.8 Å². The number of carbonyl (C=O) groups excluding carboxylic acids is 1. The molecule has 5 rings (SSSR count). The summed E-state index contributed by atoms with van der Waals surface area (Å²) in [5.74, 6) is -1.79. The lowest BCUT2D eigenvalue weighted by atomic mass is 9.93. The Morgan fingerprint density at radius 3 is 2.49 bits per heavy atom. The fraction of sp³-hybridized carbons (Fsp3) is 0.393. The van der Waals surface area contributed by atoms with Crippen LogP contribution in [0.2, 0.25) is 10.0 Å².